The highest BCUT2D eigenvalue weighted by Crippen LogP contribution is 2.23. The molecule has 4 nitrogen and oxygen atoms in total. The molecule has 0 aromatic heterocycles. The Kier molecular flexibility index (Phi) is 5.99. The van der Waals surface area contributed by atoms with Crippen LogP contribution in [0.3, 0.4) is 0 Å². The third-order valence-corrected chi connectivity index (χ3v) is 3.31. The van der Waals surface area contributed by atoms with Crippen LogP contribution in [0.1, 0.15) is 42.6 Å². The number of hydrogen-bond acceptors (Lipinski definition) is 3. The first-order valence-corrected chi connectivity index (χ1v) is 6.66. The topological polar surface area (TPSA) is 69.6 Å². The Balaban J connectivity index is 2.71. The van der Waals surface area contributed by atoms with E-state index in [-0.39, 0.29) is 12.5 Å². The fourth-order valence-corrected chi connectivity index (χ4v) is 2.22. The summed E-state index contributed by atoms with van der Waals surface area (Å²) in [5.74, 6) is -0.830. The van der Waals surface area contributed by atoms with Crippen LogP contribution < -0.4 is 5.32 Å². The first-order chi connectivity index (χ1) is 8.95. The predicted molar refractivity (Wildman–Crippen MR) is 75.2 cm³/mol. The average molecular weight is 265 g/mol. The number of aliphatic hydroxyl groups excluding tert-OH is 1. The lowest BCUT2D eigenvalue weighted by Crippen LogP contribution is -2.36. The molecule has 1 rings (SSSR count). The number of rotatable bonds is 7. The molecule has 1 aromatic rings. The zero-order valence-electron chi connectivity index (χ0n) is 11.8. The number of hydrogen-bond donors (Lipinski definition) is 3. The molecule has 0 amide bonds. The van der Waals surface area contributed by atoms with Crippen molar-refractivity contribution in [3.8, 4) is 0 Å². The highest BCUT2D eigenvalue weighted by atomic mass is 16.4. The molecule has 2 unspecified atom stereocenters. The lowest BCUT2D eigenvalue weighted by molar-refractivity contribution is -0.136. The predicted octanol–water partition coefficient (Wildman–Crippen LogP) is 2.18. The van der Waals surface area contributed by atoms with Gasteiger partial charge >= 0.3 is 5.97 Å². The quantitative estimate of drug-likeness (QED) is 0.706. The van der Waals surface area contributed by atoms with Crippen molar-refractivity contribution in [3.63, 3.8) is 0 Å². The van der Waals surface area contributed by atoms with Gasteiger partial charge in [-0.25, -0.2) is 0 Å². The van der Waals surface area contributed by atoms with Crippen LogP contribution in [-0.4, -0.2) is 28.8 Å². The van der Waals surface area contributed by atoms with Crippen LogP contribution in [0.15, 0.2) is 18.2 Å². The Bertz CT molecular complexity index is 431. The third-order valence-electron chi connectivity index (χ3n) is 3.31. The van der Waals surface area contributed by atoms with Crippen molar-refractivity contribution in [1.29, 1.82) is 0 Å². The fourth-order valence-electron chi connectivity index (χ4n) is 2.22. The van der Waals surface area contributed by atoms with E-state index in [1.165, 1.54) is 5.56 Å². The summed E-state index contributed by atoms with van der Waals surface area (Å²) in [5, 5.41) is 22.1. The third kappa shape index (κ3) is 4.65. The van der Waals surface area contributed by atoms with Crippen molar-refractivity contribution in [2.75, 3.05) is 6.54 Å². The molecular formula is C15H23NO3. The van der Waals surface area contributed by atoms with Crippen molar-refractivity contribution in [3.05, 3.63) is 34.9 Å². The first-order valence-electron chi connectivity index (χ1n) is 6.66. The van der Waals surface area contributed by atoms with Crippen LogP contribution in [0.4, 0.5) is 0 Å². The SMILES string of the molecule is CCC(NCCC(=O)O)C(O)c1ccc(C)cc1C. The van der Waals surface area contributed by atoms with Gasteiger partial charge < -0.3 is 15.5 Å². The Hall–Kier alpha value is -1.39. The maximum absolute atomic E-state index is 10.5. The molecule has 0 spiro atoms. The second kappa shape index (κ2) is 7.26. The van der Waals surface area contributed by atoms with E-state index >= 15 is 0 Å². The monoisotopic (exact) mass is 265 g/mol. The second-order valence-corrected chi connectivity index (χ2v) is 4.92. The molecule has 0 aliphatic rings. The number of aliphatic hydroxyl groups is 1. The molecule has 0 saturated carbocycles. The lowest BCUT2D eigenvalue weighted by Gasteiger charge is -2.24. The number of carboxylic acid groups (broad SMARTS) is 1. The number of nitrogens with one attached hydrogen (secondary N) is 1. The van der Waals surface area contributed by atoms with Crippen LogP contribution in [0.5, 0.6) is 0 Å². The smallest absolute Gasteiger partial charge is 0.304 e. The standard InChI is InChI=1S/C15H23NO3/c1-4-13(16-8-7-14(17)18)15(19)12-6-5-10(2)9-11(12)3/h5-6,9,13,15-16,19H,4,7-8H2,1-3H3,(H,17,18). The highest BCUT2D eigenvalue weighted by molar-refractivity contribution is 5.66. The molecule has 0 bridgehead atoms. The van der Waals surface area contributed by atoms with Crippen molar-refractivity contribution >= 4 is 5.97 Å². The molecule has 106 valence electrons. The van der Waals surface area contributed by atoms with Crippen LogP contribution in [0, 0.1) is 13.8 Å². The lowest BCUT2D eigenvalue weighted by atomic mass is 9.95. The summed E-state index contributed by atoms with van der Waals surface area (Å²) >= 11 is 0. The largest absolute Gasteiger partial charge is 0.481 e. The van der Waals surface area contributed by atoms with Gasteiger partial charge in [0.05, 0.1) is 12.5 Å². The van der Waals surface area contributed by atoms with Gasteiger partial charge in [-0.15, -0.1) is 0 Å². The maximum Gasteiger partial charge on any atom is 0.304 e. The summed E-state index contributed by atoms with van der Waals surface area (Å²) in [7, 11) is 0. The summed E-state index contributed by atoms with van der Waals surface area (Å²) in [6, 6.07) is 5.84. The molecule has 0 radical (unpaired) electrons. The van der Waals surface area contributed by atoms with Gasteiger partial charge in [0.1, 0.15) is 0 Å². The van der Waals surface area contributed by atoms with E-state index in [1.54, 1.807) is 0 Å². The molecule has 3 N–H and O–H groups in total. The van der Waals surface area contributed by atoms with Crippen molar-refractivity contribution in [2.45, 2.75) is 45.8 Å². The van der Waals surface area contributed by atoms with Gasteiger partial charge in [0.25, 0.3) is 0 Å². The van der Waals surface area contributed by atoms with Gasteiger partial charge in [-0.3, -0.25) is 4.79 Å². The minimum Gasteiger partial charge on any atom is -0.481 e. The fraction of sp³-hybridized carbons (Fsp3) is 0.533. The zero-order valence-corrected chi connectivity index (χ0v) is 11.8. The minimum atomic E-state index is -0.830. The van der Waals surface area contributed by atoms with E-state index in [0.29, 0.717) is 6.54 Å². The Morgan fingerprint density at radius 2 is 2.05 bits per heavy atom. The van der Waals surface area contributed by atoms with E-state index in [1.807, 2.05) is 39.0 Å². The minimum absolute atomic E-state index is 0.0656. The molecule has 0 aliphatic heterocycles. The summed E-state index contributed by atoms with van der Waals surface area (Å²) in [6.07, 6.45) is 0.198. The van der Waals surface area contributed by atoms with E-state index in [2.05, 4.69) is 5.32 Å². The van der Waals surface area contributed by atoms with Crippen LogP contribution in [-0.2, 0) is 4.79 Å². The van der Waals surface area contributed by atoms with Crippen molar-refractivity contribution in [1.82, 2.24) is 5.32 Å². The van der Waals surface area contributed by atoms with Gasteiger partial charge in [0.2, 0.25) is 0 Å². The van der Waals surface area contributed by atoms with Crippen molar-refractivity contribution < 1.29 is 15.0 Å². The summed E-state index contributed by atoms with van der Waals surface area (Å²) in [5.41, 5.74) is 3.13. The average Bonchev–Trinajstić information content (AvgIpc) is 2.33. The van der Waals surface area contributed by atoms with Gasteiger partial charge in [0.15, 0.2) is 0 Å². The van der Waals surface area contributed by atoms with Crippen molar-refractivity contribution in [2.24, 2.45) is 0 Å². The van der Waals surface area contributed by atoms with E-state index in [4.69, 9.17) is 5.11 Å². The second-order valence-electron chi connectivity index (χ2n) is 4.92. The van der Waals surface area contributed by atoms with Gasteiger partial charge in [0, 0.05) is 12.6 Å². The number of carbonyl (C=O) groups is 1. The van der Waals surface area contributed by atoms with E-state index in [9.17, 15) is 9.90 Å². The summed E-state index contributed by atoms with van der Waals surface area (Å²) in [4.78, 5) is 10.5. The number of aryl methyl sites for hydroxylation is 2. The summed E-state index contributed by atoms with van der Waals surface area (Å²) in [6.45, 7) is 6.35. The maximum atomic E-state index is 10.5. The normalized spacial score (nSPS) is 14.1. The Labute approximate surface area is 114 Å². The first kappa shape index (κ1) is 15.7. The van der Waals surface area contributed by atoms with E-state index in [0.717, 1.165) is 17.5 Å². The van der Waals surface area contributed by atoms with Gasteiger partial charge in [-0.2, -0.15) is 0 Å². The highest BCUT2D eigenvalue weighted by Gasteiger charge is 2.20. The van der Waals surface area contributed by atoms with Gasteiger partial charge in [-0.05, 0) is 31.4 Å². The Morgan fingerprint density at radius 3 is 2.58 bits per heavy atom. The molecular weight excluding hydrogens is 242 g/mol. The zero-order chi connectivity index (χ0) is 14.4. The molecule has 0 fully saturated rings. The molecule has 4 heteroatoms. The summed E-state index contributed by atoms with van der Waals surface area (Å²) < 4.78 is 0. The molecule has 1 aromatic carbocycles. The number of benzene rings is 1. The molecule has 2 atom stereocenters. The van der Waals surface area contributed by atoms with Gasteiger partial charge in [-0.1, -0.05) is 30.7 Å². The number of aliphatic carboxylic acids is 1. The Morgan fingerprint density at radius 1 is 1.37 bits per heavy atom. The van der Waals surface area contributed by atoms with Crippen LogP contribution in [0.25, 0.3) is 0 Å². The molecule has 0 saturated heterocycles. The molecule has 0 aliphatic carbocycles. The van der Waals surface area contributed by atoms with E-state index < -0.39 is 12.1 Å². The molecule has 19 heavy (non-hydrogen) atoms. The van der Waals surface area contributed by atoms with Crippen LogP contribution in [0.2, 0.25) is 0 Å². The number of carboxylic acids is 1. The molecule has 0 heterocycles. The van der Waals surface area contributed by atoms with Crippen LogP contribution >= 0.6 is 0 Å².